The van der Waals surface area contributed by atoms with Crippen molar-refractivity contribution in [1.29, 1.82) is 0 Å². The number of hydrogen-bond acceptors (Lipinski definition) is 5. The van der Waals surface area contributed by atoms with E-state index in [1.807, 2.05) is 91.9 Å². The SMILES string of the molecule is Cc1sc2ncn(NC(=O)C(C)Oc3ccc(-c4ccccc4)cc3)c(=O)c2c1-c1ccccc1. The lowest BCUT2D eigenvalue weighted by Gasteiger charge is -2.16. The van der Waals surface area contributed by atoms with Gasteiger partial charge in [-0.05, 0) is 42.7 Å². The average Bonchev–Trinajstić information content (AvgIpc) is 3.23. The third-order valence-electron chi connectivity index (χ3n) is 5.73. The molecule has 5 aromatic rings. The molecule has 5 rings (SSSR count). The van der Waals surface area contributed by atoms with Gasteiger partial charge in [0.2, 0.25) is 0 Å². The van der Waals surface area contributed by atoms with Gasteiger partial charge in [0.1, 0.15) is 16.9 Å². The molecule has 2 aromatic heterocycles. The Morgan fingerprint density at radius 1 is 0.914 bits per heavy atom. The summed E-state index contributed by atoms with van der Waals surface area (Å²) in [7, 11) is 0. The minimum Gasteiger partial charge on any atom is -0.481 e. The number of rotatable bonds is 6. The Labute approximate surface area is 206 Å². The van der Waals surface area contributed by atoms with Gasteiger partial charge in [-0.3, -0.25) is 15.0 Å². The van der Waals surface area contributed by atoms with Crippen LogP contribution in [0.15, 0.2) is 96.1 Å². The molecule has 0 aliphatic carbocycles. The van der Waals surface area contributed by atoms with E-state index in [-0.39, 0.29) is 5.56 Å². The van der Waals surface area contributed by atoms with Crippen LogP contribution in [0.1, 0.15) is 11.8 Å². The van der Waals surface area contributed by atoms with Crippen LogP contribution in [0.5, 0.6) is 5.75 Å². The van der Waals surface area contributed by atoms with Gasteiger partial charge in [-0.15, -0.1) is 11.3 Å². The zero-order chi connectivity index (χ0) is 24.4. The first kappa shape index (κ1) is 22.6. The molecule has 0 bridgehead atoms. The average molecular weight is 482 g/mol. The van der Waals surface area contributed by atoms with Crippen molar-refractivity contribution in [2.45, 2.75) is 20.0 Å². The molecule has 0 spiro atoms. The summed E-state index contributed by atoms with van der Waals surface area (Å²) in [6.45, 7) is 3.61. The van der Waals surface area contributed by atoms with Crippen LogP contribution in [0, 0.1) is 6.92 Å². The molecule has 6 nitrogen and oxygen atoms in total. The van der Waals surface area contributed by atoms with Crippen molar-refractivity contribution in [1.82, 2.24) is 9.66 Å². The number of carbonyl (C=O) groups excluding carboxylic acids is 1. The lowest BCUT2D eigenvalue weighted by molar-refractivity contribution is -0.123. The number of aromatic nitrogens is 2. The molecule has 1 amide bonds. The van der Waals surface area contributed by atoms with E-state index in [4.69, 9.17) is 4.74 Å². The Balaban J connectivity index is 1.35. The van der Waals surface area contributed by atoms with Gasteiger partial charge in [-0.1, -0.05) is 72.8 Å². The quantitative estimate of drug-likeness (QED) is 0.341. The van der Waals surface area contributed by atoms with Crippen LogP contribution < -0.4 is 15.7 Å². The van der Waals surface area contributed by atoms with E-state index in [0.29, 0.717) is 16.0 Å². The van der Waals surface area contributed by atoms with Gasteiger partial charge in [0.25, 0.3) is 11.5 Å². The first-order chi connectivity index (χ1) is 17.0. The molecular formula is C28H23N3O3S. The van der Waals surface area contributed by atoms with Crippen molar-refractivity contribution < 1.29 is 9.53 Å². The molecule has 0 aliphatic rings. The molecule has 7 heteroatoms. The minimum atomic E-state index is -0.821. The zero-order valence-electron chi connectivity index (χ0n) is 19.3. The third kappa shape index (κ3) is 4.58. The Morgan fingerprint density at radius 3 is 2.17 bits per heavy atom. The second kappa shape index (κ2) is 9.56. The van der Waals surface area contributed by atoms with Crippen molar-refractivity contribution >= 4 is 27.5 Å². The third-order valence-corrected chi connectivity index (χ3v) is 6.74. The Kier molecular flexibility index (Phi) is 6.16. The molecule has 1 atom stereocenters. The van der Waals surface area contributed by atoms with Crippen molar-refractivity contribution in [3.05, 3.63) is 106 Å². The standard InChI is InChI=1S/C28H23N3O3S/c1-18(34-23-15-13-21(14-16-23)20-9-5-3-6-10-20)26(32)30-31-17-29-27-25(28(31)33)24(19(2)35-27)22-11-7-4-8-12-22/h3-18H,1-2H3,(H,30,32). The van der Waals surface area contributed by atoms with Crippen LogP contribution in [0.4, 0.5) is 0 Å². The van der Waals surface area contributed by atoms with E-state index < -0.39 is 12.0 Å². The molecule has 174 valence electrons. The molecule has 0 saturated carbocycles. The lowest BCUT2D eigenvalue weighted by atomic mass is 10.0. The number of benzene rings is 3. The summed E-state index contributed by atoms with van der Waals surface area (Å²) in [5, 5.41) is 0.492. The molecule has 3 aromatic carbocycles. The van der Waals surface area contributed by atoms with E-state index >= 15 is 0 Å². The monoisotopic (exact) mass is 481 g/mol. The Bertz CT molecular complexity index is 1540. The second-order valence-corrected chi connectivity index (χ2v) is 9.33. The largest absolute Gasteiger partial charge is 0.481 e. The van der Waals surface area contributed by atoms with Crippen LogP contribution >= 0.6 is 11.3 Å². The van der Waals surface area contributed by atoms with E-state index in [9.17, 15) is 9.59 Å². The highest BCUT2D eigenvalue weighted by molar-refractivity contribution is 7.19. The number of nitrogens with one attached hydrogen (secondary N) is 1. The Hall–Kier alpha value is -4.23. The number of amides is 1. The molecule has 35 heavy (non-hydrogen) atoms. The molecule has 0 aliphatic heterocycles. The van der Waals surface area contributed by atoms with Crippen molar-refractivity contribution in [2.75, 3.05) is 5.43 Å². The van der Waals surface area contributed by atoms with Crippen LogP contribution in [-0.4, -0.2) is 21.7 Å². The summed E-state index contributed by atoms with van der Waals surface area (Å²) in [4.78, 5) is 32.2. The van der Waals surface area contributed by atoms with Crippen molar-refractivity contribution in [2.24, 2.45) is 0 Å². The lowest BCUT2D eigenvalue weighted by Crippen LogP contribution is -2.39. The number of carbonyl (C=O) groups is 1. The molecule has 2 heterocycles. The van der Waals surface area contributed by atoms with Gasteiger partial charge < -0.3 is 4.74 Å². The minimum absolute atomic E-state index is 0.328. The van der Waals surface area contributed by atoms with Crippen LogP contribution in [0.2, 0.25) is 0 Å². The summed E-state index contributed by atoms with van der Waals surface area (Å²) in [5.41, 5.74) is 6.24. The summed E-state index contributed by atoms with van der Waals surface area (Å²) < 4.78 is 6.94. The number of ether oxygens (including phenoxy) is 1. The first-order valence-electron chi connectivity index (χ1n) is 11.2. The molecule has 0 fully saturated rings. The van der Waals surface area contributed by atoms with Crippen LogP contribution in [0.3, 0.4) is 0 Å². The van der Waals surface area contributed by atoms with Gasteiger partial charge in [-0.25, -0.2) is 9.66 Å². The van der Waals surface area contributed by atoms with E-state index in [1.165, 1.54) is 17.7 Å². The first-order valence-corrected chi connectivity index (χ1v) is 12.0. The predicted octanol–water partition coefficient (Wildman–Crippen LogP) is 5.64. The van der Waals surface area contributed by atoms with Gasteiger partial charge in [0.15, 0.2) is 6.10 Å². The Morgan fingerprint density at radius 2 is 1.51 bits per heavy atom. The summed E-state index contributed by atoms with van der Waals surface area (Å²) >= 11 is 1.46. The smallest absolute Gasteiger partial charge is 0.281 e. The number of hydrogen-bond donors (Lipinski definition) is 1. The predicted molar refractivity (Wildman–Crippen MR) is 140 cm³/mol. The maximum atomic E-state index is 13.3. The molecular weight excluding hydrogens is 458 g/mol. The maximum Gasteiger partial charge on any atom is 0.281 e. The zero-order valence-corrected chi connectivity index (χ0v) is 20.1. The van der Waals surface area contributed by atoms with Crippen molar-refractivity contribution in [3.63, 3.8) is 0 Å². The molecule has 1 N–H and O–H groups in total. The number of aryl methyl sites for hydroxylation is 1. The molecule has 1 unspecified atom stereocenters. The van der Waals surface area contributed by atoms with Gasteiger partial charge in [0, 0.05) is 10.4 Å². The number of nitrogens with zero attached hydrogens (tertiary/aromatic N) is 2. The fourth-order valence-electron chi connectivity index (χ4n) is 3.96. The van der Waals surface area contributed by atoms with Crippen molar-refractivity contribution in [3.8, 4) is 28.0 Å². The summed E-state index contributed by atoms with van der Waals surface area (Å²) in [6.07, 6.45) is 0.521. The van der Waals surface area contributed by atoms with E-state index in [1.54, 1.807) is 6.92 Å². The molecule has 0 radical (unpaired) electrons. The fraction of sp³-hybridized carbons (Fsp3) is 0.107. The van der Waals surface area contributed by atoms with Gasteiger partial charge in [0.05, 0.1) is 5.39 Å². The highest BCUT2D eigenvalue weighted by Crippen LogP contribution is 2.35. The number of thiophene rings is 1. The summed E-state index contributed by atoms with van der Waals surface area (Å²) in [6, 6.07) is 27.3. The topological polar surface area (TPSA) is 73.2 Å². The summed E-state index contributed by atoms with van der Waals surface area (Å²) in [5.74, 6) is 0.113. The normalized spacial score (nSPS) is 11.8. The molecule has 0 saturated heterocycles. The fourth-order valence-corrected chi connectivity index (χ4v) is 4.96. The van der Waals surface area contributed by atoms with Crippen LogP contribution in [0.25, 0.3) is 32.5 Å². The van der Waals surface area contributed by atoms with E-state index in [0.717, 1.165) is 31.8 Å². The van der Waals surface area contributed by atoms with Crippen LogP contribution in [-0.2, 0) is 4.79 Å². The maximum absolute atomic E-state index is 13.3. The highest BCUT2D eigenvalue weighted by Gasteiger charge is 2.20. The van der Waals surface area contributed by atoms with E-state index in [2.05, 4.69) is 10.4 Å². The van der Waals surface area contributed by atoms with Gasteiger partial charge in [-0.2, -0.15) is 0 Å². The number of fused-ring (bicyclic) bond motifs is 1. The second-order valence-electron chi connectivity index (χ2n) is 8.13. The van der Waals surface area contributed by atoms with Gasteiger partial charge >= 0.3 is 0 Å². The highest BCUT2D eigenvalue weighted by atomic mass is 32.1.